The van der Waals surface area contributed by atoms with Crippen LogP contribution in [0.3, 0.4) is 0 Å². The maximum atomic E-state index is 12.1. The van der Waals surface area contributed by atoms with E-state index < -0.39 is 59.7 Å². The van der Waals surface area contributed by atoms with Crippen LogP contribution in [-0.4, -0.2) is 48.2 Å². The van der Waals surface area contributed by atoms with E-state index in [0.29, 0.717) is 0 Å². The van der Waals surface area contributed by atoms with Gasteiger partial charge >= 0.3 is 29.1 Å². The van der Waals surface area contributed by atoms with Crippen molar-refractivity contribution in [3.05, 3.63) is 62.9 Å². The van der Waals surface area contributed by atoms with Crippen molar-refractivity contribution in [3.8, 4) is 0 Å². The monoisotopic (exact) mass is 557 g/mol. The van der Waals surface area contributed by atoms with E-state index in [1.54, 1.807) is 6.07 Å². The van der Waals surface area contributed by atoms with Crippen LogP contribution in [0, 0.1) is 6.92 Å². The highest BCUT2D eigenvalue weighted by molar-refractivity contribution is 7.68. The Bertz CT molecular complexity index is 1310. The summed E-state index contributed by atoms with van der Waals surface area (Å²) in [6.45, 7) is 0.595. The minimum absolute atomic E-state index is 0.0421. The number of aliphatic hydroxyl groups is 1. The molecular weight excluding hydrogens is 535 g/mol. The van der Waals surface area contributed by atoms with E-state index in [2.05, 4.69) is 18.1 Å². The molecule has 0 amide bonds. The molecule has 35 heavy (non-hydrogen) atoms. The summed E-state index contributed by atoms with van der Waals surface area (Å²) in [4.78, 5) is 54.7. The third-order valence-corrected chi connectivity index (χ3v) is 8.90. The Morgan fingerprint density at radius 3 is 2.43 bits per heavy atom. The third-order valence-electron chi connectivity index (χ3n) is 4.53. The first-order valence-electron chi connectivity index (χ1n) is 9.71. The fraction of sp³-hybridized carbons (Fsp3) is 0.375. The van der Waals surface area contributed by atoms with Gasteiger partial charge in [0.2, 0.25) is 0 Å². The smallest absolute Gasteiger partial charge is 0.390 e. The Morgan fingerprint density at radius 2 is 1.77 bits per heavy atom. The number of ether oxygens (including phenoxy) is 1. The number of hydrogen-bond donors (Lipinski definition) is 6. The summed E-state index contributed by atoms with van der Waals surface area (Å²) in [6.07, 6.45) is -2.60. The Kier molecular flexibility index (Phi) is 8.37. The Morgan fingerprint density at radius 1 is 1.11 bits per heavy atom. The van der Waals surface area contributed by atoms with E-state index in [-0.39, 0.29) is 17.7 Å². The summed E-state index contributed by atoms with van der Waals surface area (Å²) < 4.78 is 55.3. The van der Waals surface area contributed by atoms with Crippen LogP contribution in [0.25, 0.3) is 0 Å². The zero-order chi connectivity index (χ0) is 26.0. The van der Waals surface area contributed by atoms with E-state index in [1.807, 2.05) is 5.09 Å². The molecule has 6 N–H and O–H groups in total. The first-order chi connectivity index (χ1) is 16.2. The summed E-state index contributed by atoms with van der Waals surface area (Å²) >= 11 is 0. The van der Waals surface area contributed by atoms with Crippen molar-refractivity contribution in [2.75, 3.05) is 11.7 Å². The molecule has 1 saturated heterocycles. The molecule has 1 aliphatic heterocycles. The lowest BCUT2D eigenvalue weighted by Gasteiger charge is -2.21. The van der Waals surface area contributed by atoms with Crippen LogP contribution >= 0.6 is 23.4 Å². The first-order valence-corrected chi connectivity index (χ1v) is 14.3. The molecule has 6 atom stereocenters. The van der Waals surface area contributed by atoms with Crippen molar-refractivity contribution in [3.63, 3.8) is 0 Å². The summed E-state index contributed by atoms with van der Waals surface area (Å²) in [6, 6.07) is 7.27. The number of anilines is 1. The molecule has 194 valence electrons. The van der Waals surface area contributed by atoms with E-state index in [4.69, 9.17) is 4.74 Å². The van der Waals surface area contributed by atoms with Crippen molar-refractivity contribution in [2.45, 2.75) is 31.8 Å². The van der Waals surface area contributed by atoms with Crippen molar-refractivity contribution in [2.24, 2.45) is 0 Å². The van der Waals surface area contributed by atoms with Gasteiger partial charge in [-0.05, 0) is 19.1 Å². The number of phosphoric acid groups is 2. The van der Waals surface area contributed by atoms with Gasteiger partial charge in [0.05, 0.1) is 12.7 Å². The average Bonchev–Trinajstić information content (AvgIpc) is 3.08. The quantitative estimate of drug-likeness (QED) is 0.223. The maximum Gasteiger partial charge on any atom is 0.489 e. The second-order valence-electron chi connectivity index (χ2n) is 7.31. The molecule has 19 heteroatoms. The number of benzene rings is 1. The van der Waals surface area contributed by atoms with Crippen LogP contribution in [0.15, 0.2) is 46.1 Å². The molecule has 3 unspecified atom stereocenters. The van der Waals surface area contributed by atoms with Crippen molar-refractivity contribution >= 4 is 29.1 Å². The van der Waals surface area contributed by atoms with Crippen LogP contribution < -0.4 is 16.3 Å². The van der Waals surface area contributed by atoms with Gasteiger partial charge in [0.15, 0.2) is 0 Å². The molecule has 3 rings (SSSR count). The Labute approximate surface area is 196 Å². The SMILES string of the molecule is Cc1cn([C@H]2C[C@H](O)[C@@H](COP(=O)(O)OP(=O)(O)OP(=O)(O)Nc3ccccc3)O2)c(=O)[nH]c1=O. The molecule has 0 radical (unpaired) electrons. The van der Waals surface area contributed by atoms with Crippen LogP contribution in [0.1, 0.15) is 18.2 Å². The van der Waals surface area contributed by atoms with Gasteiger partial charge in [-0.2, -0.15) is 8.62 Å². The Balaban J connectivity index is 1.59. The summed E-state index contributed by atoms with van der Waals surface area (Å²) in [5.74, 6) is 0. The van der Waals surface area contributed by atoms with Crippen LogP contribution in [0.2, 0.25) is 0 Å². The zero-order valence-electron chi connectivity index (χ0n) is 17.9. The predicted octanol–water partition coefficient (Wildman–Crippen LogP) is 0.957. The first kappa shape index (κ1) is 27.7. The molecule has 2 heterocycles. The molecule has 1 fully saturated rings. The molecule has 1 aromatic heterocycles. The summed E-state index contributed by atoms with van der Waals surface area (Å²) in [7, 11) is -16.0. The molecule has 0 aliphatic carbocycles. The maximum absolute atomic E-state index is 12.1. The number of aromatic nitrogens is 2. The molecule has 2 aromatic rings. The Hall–Kier alpha value is -1.93. The summed E-state index contributed by atoms with van der Waals surface area (Å²) in [5, 5.41) is 12.1. The lowest BCUT2D eigenvalue weighted by atomic mass is 10.2. The number of H-pyrrole nitrogens is 1. The van der Waals surface area contributed by atoms with E-state index in [9.17, 15) is 43.1 Å². The number of nitrogens with zero attached hydrogens (tertiary/aromatic N) is 1. The lowest BCUT2D eigenvalue weighted by Crippen LogP contribution is -2.33. The van der Waals surface area contributed by atoms with Crippen LogP contribution in [0.4, 0.5) is 5.69 Å². The fourth-order valence-corrected chi connectivity index (χ4v) is 6.72. The van der Waals surface area contributed by atoms with Gasteiger partial charge < -0.3 is 24.5 Å². The second kappa shape index (κ2) is 10.6. The number of aliphatic hydroxyl groups excluding tert-OH is 1. The number of phosphoric ester groups is 1. The molecule has 16 nitrogen and oxygen atoms in total. The number of para-hydroxylation sites is 1. The molecule has 0 bridgehead atoms. The average molecular weight is 557 g/mol. The zero-order valence-corrected chi connectivity index (χ0v) is 20.5. The van der Waals surface area contributed by atoms with Gasteiger partial charge in [-0.3, -0.25) is 24.0 Å². The van der Waals surface area contributed by atoms with Gasteiger partial charge in [-0.1, -0.05) is 18.2 Å². The largest absolute Gasteiger partial charge is 0.489 e. The molecule has 1 aliphatic rings. The van der Waals surface area contributed by atoms with Crippen molar-refractivity contribution in [1.82, 2.24) is 9.55 Å². The molecule has 1 aromatic carbocycles. The predicted molar refractivity (Wildman–Crippen MR) is 118 cm³/mol. The standard InChI is InChI=1S/C16H22N3O13P3/c1-10-8-19(16(22)17-15(10)21)14-7-12(20)13(30-14)9-29-34(25,26)32-35(27,28)31-33(23,24)18-11-5-3-2-4-6-11/h2-6,8,12-14,20H,7,9H2,1H3,(H,25,26)(H,27,28)(H,17,21,22)(H2,18,23,24)/t12-,13+,14+/m0/s1. The van der Waals surface area contributed by atoms with E-state index in [1.165, 1.54) is 37.4 Å². The van der Waals surface area contributed by atoms with Crippen LogP contribution in [-0.2, 0) is 31.6 Å². The minimum Gasteiger partial charge on any atom is -0.390 e. The lowest BCUT2D eigenvalue weighted by molar-refractivity contribution is -0.0450. The van der Waals surface area contributed by atoms with Crippen LogP contribution in [0.5, 0.6) is 0 Å². The second-order valence-corrected chi connectivity index (χ2v) is 12.0. The highest BCUT2D eigenvalue weighted by atomic mass is 31.3. The van der Waals surface area contributed by atoms with Gasteiger partial charge in [-0.15, -0.1) is 0 Å². The normalized spacial score (nSPS) is 25.3. The fourth-order valence-electron chi connectivity index (χ4n) is 3.01. The number of hydrogen-bond acceptors (Lipinski definition) is 10. The van der Waals surface area contributed by atoms with Crippen molar-refractivity contribution in [1.29, 1.82) is 0 Å². The van der Waals surface area contributed by atoms with Crippen molar-refractivity contribution < 1.29 is 51.4 Å². The number of aromatic amines is 1. The van der Waals surface area contributed by atoms with Gasteiger partial charge in [0.1, 0.15) is 12.3 Å². The molecule has 0 saturated carbocycles. The topological polar surface area (TPSA) is 236 Å². The number of aryl methyl sites for hydroxylation is 1. The highest BCUT2D eigenvalue weighted by Gasteiger charge is 2.43. The summed E-state index contributed by atoms with van der Waals surface area (Å²) in [5.41, 5.74) is -1.19. The number of nitrogens with one attached hydrogen (secondary N) is 2. The molecular formula is C16H22N3O13P3. The highest BCUT2D eigenvalue weighted by Crippen LogP contribution is 2.67. The van der Waals surface area contributed by atoms with Gasteiger partial charge in [0.25, 0.3) is 5.56 Å². The van der Waals surface area contributed by atoms with E-state index in [0.717, 1.165) is 4.57 Å². The third kappa shape index (κ3) is 7.78. The van der Waals surface area contributed by atoms with Gasteiger partial charge in [-0.25, -0.2) is 18.5 Å². The van der Waals surface area contributed by atoms with Gasteiger partial charge in [0, 0.05) is 23.9 Å². The molecule has 0 spiro atoms. The minimum atomic E-state index is -5.62. The number of rotatable bonds is 10. The van der Waals surface area contributed by atoms with E-state index >= 15 is 0 Å².